The number of rotatable bonds is 9. The van der Waals surface area contributed by atoms with Gasteiger partial charge in [0.25, 0.3) is 0 Å². The van der Waals surface area contributed by atoms with Gasteiger partial charge >= 0.3 is 5.97 Å². The molecule has 0 saturated carbocycles. The smallest absolute Gasteiger partial charge is 0.338 e. The third-order valence-electron chi connectivity index (χ3n) is 6.03. The normalized spacial score (nSPS) is 16.7. The molecule has 2 aliphatic rings. The van der Waals surface area contributed by atoms with Gasteiger partial charge in [-0.15, -0.1) is 0 Å². The molecule has 2 aliphatic heterocycles. The summed E-state index contributed by atoms with van der Waals surface area (Å²) in [4.78, 5) is 32.7. The molecule has 0 spiro atoms. The van der Waals surface area contributed by atoms with Gasteiger partial charge in [-0.05, 0) is 23.5 Å². The van der Waals surface area contributed by atoms with Crippen molar-refractivity contribution in [1.82, 2.24) is 10.2 Å². The van der Waals surface area contributed by atoms with Crippen LogP contribution in [0.2, 0.25) is 0 Å². The molecule has 0 unspecified atom stereocenters. The van der Waals surface area contributed by atoms with Crippen LogP contribution >= 0.6 is 11.8 Å². The molecule has 0 saturated heterocycles. The molecular weight excluding hydrogens is 478 g/mol. The lowest BCUT2D eigenvalue weighted by atomic mass is 9.92. The van der Waals surface area contributed by atoms with E-state index in [-0.39, 0.29) is 12.3 Å². The van der Waals surface area contributed by atoms with E-state index in [2.05, 4.69) is 5.32 Å². The fourth-order valence-electron chi connectivity index (χ4n) is 4.36. The van der Waals surface area contributed by atoms with Crippen LogP contribution in [0, 0.1) is 0 Å². The number of amidine groups is 1. The second kappa shape index (κ2) is 11.3. The van der Waals surface area contributed by atoms with Crippen molar-refractivity contribution in [3.8, 4) is 11.5 Å². The maximum Gasteiger partial charge on any atom is 0.338 e. The number of methoxy groups -OCH3 is 3. The first-order valence-electron chi connectivity index (χ1n) is 11.6. The van der Waals surface area contributed by atoms with E-state index in [1.165, 1.54) is 18.9 Å². The van der Waals surface area contributed by atoms with Gasteiger partial charge < -0.3 is 24.4 Å². The molecule has 8 nitrogen and oxygen atoms in total. The van der Waals surface area contributed by atoms with E-state index >= 15 is 0 Å². The number of nitrogens with one attached hydrogen (secondary N) is 1. The van der Waals surface area contributed by atoms with E-state index in [0.29, 0.717) is 46.5 Å². The number of hydrogen-bond donors (Lipinski definition) is 1. The quantitative estimate of drug-likeness (QED) is 0.498. The Labute approximate surface area is 215 Å². The lowest BCUT2D eigenvalue weighted by Crippen LogP contribution is -2.38. The molecule has 4 rings (SSSR count). The second-order valence-electron chi connectivity index (χ2n) is 8.12. The first kappa shape index (κ1) is 25.4. The van der Waals surface area contributed by atoms with Gasteiger partial charge in [0.05, 0.1) is 45.1 Å². The zero-order valence-electron chi connectivity index (χ0n) is 20.7. The lowest BCUT2D eigenvalue weighted by molar-refractivity contribution is -0.136. The van der Waals surface area contributed by atoms with Crippen molar-refractivity contribution in [3.05, 3.63) is 82.0 Å². The minimum absolute atomic E-state index is 0.123. The van der Waals surface area contributed by atoms with Crippen molar-refractivity contribution in [3.63, 3.8) is 0 Å². The number of fused-ring (bicyclic) bond motifs is 1. The van der Waals surface area contributed by atoms with Crippen molar-refractivity contribution in [2.45, 2.75) is 32.4 Å². The predicted molar refractivity (Wildman–Crippen MR) is 139 cm³/mol. The Morgan fingerprint density at radius 2 is 1.83 bits per heavy atom. The zero-order valence-corrected chi connectivity index (χ0v) is 21.6. The Bertz CT molecular complexity index is 1240. The molecule has 0 radical (unpaired) electrons. The summed E-state index contributed by atoms with van der Waals surface area (Å²) in [6.45, 7) is 2.38. The highest BCUT2D eigenvalue weighted by Gasteiger charge is 2.43. The van der Waals surface area contributed by atoms with Crippen LogP contribution in [0.15, 0.2) is 75.9 Å². The molecule has 9 heteroatoms. The number of nitrogens with zero attached hydrogens (tertiary/aromatic N) is 2. The summed E-state index contributed by atoms with van der Waals surface area (Å²) in [6, 6.07) is 14.7. The summed E-state index contributed by atoms with van der Waals surface area (Å²) in [5.74, 6) is 0.440. The third kappa shape index (κ3) is 4.97. The number of allylic oxidation sites excluding steroid dienone is 1. The maximum atomic E-state index is 13.1. The summed E-state index contributed by atoms with van der Waals surface area (Å²) in [6.07, 6.45) is 0.662. The van der Waals surface area contributed by atoms with Gasteiger partial charge in [-0.25, -0.2) is 9.79 Å². The first-order chi connectivity index (χ1) is 17.5. The van der Waals surface area contributed by atoms with Crippen molar-refractivity contribution < 1.29 is 23.8 Å². The molecule has 36 heavy (non-hydrogen) atoms. The number of aliphatic imine (C=N–C) groups is 1. The van der Waals surface area contributed by atoms with E-state index in [9.17, 15) is 9.59 Å². The number of thioether (sulfide) groups is 1. The average Bonchev–Trinajstić information content (AvgIpc) is 3.32. The number of esters is 1. The molecule has 1 amide bonds. The van der Waals surface area contributed by atoms with Gasteiger partial charge in [-0.1, -0.05) is 61.2 Å². The summed E-state index contributed by atoms with van der Waals surface area (Å²) in [5.41, 5.74) is 3.51. The van der Waals surface area contributed by atoms with Gasteiger partial charge in [0.1, 0.15) is 0 Å². The number of carbonyl (C=O) groups excluding carboxylic acids is 2. The summed E-state index contributed by atoms with van der Waals surface area (Å²) >= 11 is 1.43. The Kier molecular flexibility index (Phi) is 8.00. The highest BCUT2D eigenvalue weighted by atomic mass is 32.2. The van der Waals surface area contributed by atoms with E-state index < -0.39 is 12.0 Å². The van der Waals surface area contributed by atoms with Gasteiger partial charge in [0, 0.05) is 17.8 Å². The van der Waals surface area contributed by atoms with Crippen LogP contribution in [-0.2, 0) is 20.9 Å². The Hall–Kier alpha value is -3.72. The van der Waals surface area contributed by atoms with Gasteiger partial charge in [0.15, 0.2) is 16.7 Å². The minimum atomic E-state index is -0.604. The fourth-order valence-corrected chi connectivity index (χ4v) is 5.29. The summed E-state index contributed by atoms with van der Waals surface area (Å²) in [7, 11) is 4.49. The van der Waals surface area contributed by atoms with Gasteiger partial charge in [-0.2, -0.15) is 0 Å². The molecule has 0 fully saturated rings. The first-order valence-corrected chi connectivity index (χ1v) is 12.5. The molecule has 2 aromatic carbocycles. The number of carbonyl (C=O) groups is 2. The molecular formula is C27H29N3O5S. The van der Waals surface area contributed by atoms with Crippen LogP contribution < -0.4 is 14.8 Å². The number of benzene rings is 2. The molecule has 2 aromatic rings. The second-order valence-corrected chi connectivity index (χ2v) is 8.96. The minimum Gasteiger partial charge on any atom is -0.493 e. The Balaban J connectivity index is 1.71. The summed E-state index contributed by atoms with van der Waals surface area (Å²) in [5, 5.41) is 5.58. The number of para-hydroxylation sites is 1. The van der Waals surface area contributed by atoms with Crippen molar-refractivity contribution in [2.75, 3.05) is 21.3 Å². The van der Waals surface area contributed by atoms with Gasteiger partial charge in [0.2, 0.25) is 5.91 Å². The molecule has 1 atom stereocenters. The van der Waals surface area contributed by atoms with E-state index in [1.807, 2.05) is 59.7 Å². The molecule has 1 N–H and O–H groups in total. The van der Waals surface area contributed by atoms with E-state index in [1.54, 1.807) is 20.3 Å². The van der Waals surface area contributed by atoms with Crippen LogP contribution in [0.5, 0.6) is 11.5 Å². The molecule has 2 heterocycles. The van der Waals surface area contributed by atoms with Gasteiger partial charge in [-0.3, -0.25) is 4.79 Å². The van der Waals surface area contributed by atoms with Crippen molar-refractivity contribution >= 4 is 28.8 Å². The van der Waals surface area contributed by atoms with Crippen LogP contribution in [0.4, 0.5) is 0 Å². The summed E-state index contributed by atoms with van der Waals surface area (Å²) < 4.78 is 16.4. The number of amides is 1. The van der Waals surface area contributed by atoms with Crippen LogP contribution in [0.1, 0.15) is 36.9 Å². The molecule has 0 bridgehead atoms. The van der Waals surface area contributed by atoms with Crippen LogP contribution in [-0.4, -0.2) is 43.3 Å². The fraction of sp³-hybridized carbons (Fsp3) is 0.296. The number of hydrogen-bond acceptors (Lipinski definition) is 8. The zero-order chi connectivity index (χ0) is 25.7. The number of ether oxygens (including phenoxy) is 3. The van der Waals surface area contributed by atoms with Crippen molar-refractivity contribution in [2.24, 2.45) is 4.99 Å². The Morgan fingerprint density at radius 1 is 1.06 bits per heavy atom. The maximum absolute atomic E-state index is 13.1. The van der Waals surface area contributed by atoms with Crippen molar-refractivity contribution in [1.29, 1.82) is 0 Å². The van der Waals surface area contributed by atoms with E-state index in [0.717, 1.165) is 11.3 Å². The molecule has 0 aromatic heterocycles. The lowest BCUT2D eigenvalue weighted by Gasteiger charge is -2.37. The standard InChI is InChI=1S/C27H29N3O5S/c1-5-20-23(26(32)35-4)24(19-12-9-13-21(33-2)25(19)34-3)30-18(16-36-27(30)29-20)14-22(31)28-15-17-10-7-6-8-11-17/h6-13,16,24H,5,14-15H2,1-4H3,(H,28,31)/t24-/m1/s1. The monoisotopic (exact) mass is 507 g/mol. The molecule has 188 valence electrons. The molecule has 0 aliphatic carbocycles. The Morgan fingerprint density at radius 3 is 2.50 bits per heavy atom. The predicted octanol–water partition coefficient (Wildman–Crippen LogP) is 4.55. The largest absolute Gasteiger partial charge is 0.493 e. The SMILES string of the molecule is CCC1=C(C(=O)OC)[C@@H](c2cccc(OC)c2OC)N2C(CC(=O)NCc3ccccc3)=CSC2=N1. The van der Waals surface area contributed by atoms with E-state index in [4.69, 9.17) is 19.2 Å². The van der Waals surface area contributed by atoms with Crippen LogP contribution in [0.25, 0.3) is 0 Å². The third-order valence-corrected chi connectivity index (χ3v) is 6.92. The topological polar surface area (TPSA) is 89.5 Å². The average molecular weight is 508 g/mol. The highest BCUT2D eigenvalue weighted by Crippen LogP contribution is 2.49. The van der Waals surface area contributed by atoms with Crippen LogP contribution in [0.3, 0.4) is 0 Å². The highest BCUT2D eigenvalue weighted by molar-refractivity contribution is 8.16.